The van der Waals surface area contributed by atoms with E-state index >= 15 is 0 Å². The predicted molar refractivity (Wildman–Crippen MR) is 121 cm³/mol. The number of benzene rings is 3. The van der Waals surface area contributed by atoms with Gasteiger partial charge in [0.25, 0.3) is 0 Å². The van der Waals surface area contributed by atoms with Crippen LogP contribution in [0.15, 0.2) is 91.1 Å². The van der Waals surface area contributed by atoms with Crippen molar-refractivity contribution < 1.29 is 0 Å². The van der Waals surface area contributed by atoms with Crippen LogP contribution in [0.4, 0.5) is 5.69 Å². The molecule has 0 atom stereocenters. The summed E-state index contributed by atoms with van der Waals surface area (Å²) >= 11 is 0. The van der Waals surface area contributed by atoms with Gasteiger partial charge in [-0.3, -0.25) is 4.90 Å². The van der Waals surface area contributed by atoms with Crippen molar-refractivity contribution in [1.29, 1.82) is 0 Å². The van der Waals surface area contributed by atoms with Gasteiger partial charge in [0.2, 0.25) is 0 Å². The molecule has 0 saturated carbocycles. The van der Waals surface area contributed by atoms with Crippen LogP contribution in [-0.4, -0.2) is 35.6 Å². The molecule has 3 heteroatoms. The molecular weight excluding hydrogens is 354 g/mol. The lowest BCUT2D eigenvalue weighted by atomic mass is 10.1. The highest BCUT2D eigenvalue weighted by molar-refractivity contribution is 5.84. The van der Waals surface area contributed by atoms with E-state index in [9.17, 15) is 0 Å². The number of para-hydroxylation sites is 2. The van der Waals surface area contributed by atoms with Crippen LogP contribution in [0.2, 0.25) is 0 Å². The Kier molecular flexibility index (Phi) is 5.06. The van der Waals surface area contributed by atoms with Gasteiger partial charge >= 0.3 is 0 Å². The van der Waals surface area contributed by atoms with Crippen LogP contribution in [0.5, 0.6) is 0 Å². The summed E-state index contributed by atoms with van der Waals surface area (Å²) in [5, 5.41) is 1.38. The van der Waals surface area contributed by atoms with Crippen molar-refractivity contribution in [2.24, 2.45) is 0 Å². The number of rotatable bonds is 5. The molecule has 1 fully saturated rings. The Balaban J connectivity index is 1.32. The van der Waals surface area contributed by atoms with Crippen LogP contribution < -0.4 is 4.90 Å². The molecule has 3 aromatic carbocycles. The fourth-order valence-corrected chi connectivity index (χ4v) is 4.40. The predicted octanol–water partition coefficient (Wildman–Crippen LogP) is 5.01. The number of hydrogen-bond acceptors (Lipinski definition) is 2. The molecule has 0 spiro atoms. The Morgan fingerprint density at radius 1 is 0.621 bits per heavy atom. The van der Waals surface area contributed by atoms with Crippen LogP contribution in [-0.2, 0) is 13.1 Å². The Labute approximate surface area is 172 Å². The van der Waals surface area contributed by atoms with E-state index in [0.717, 1.165) is 39.3 Å². The van der Waals surface area contributed by atoms with E-state index < -0.39 is 0 Å². The quantitative estimate of drug-likeness (QED) is 0.481. The molecule has 3 nitrogen and oxygen atoms in total. The molecule has 0 N–H and O–H groups in total. The fourth-order valence-electron chi connectivity index (χ4n) is 4.40. The number of anilines is 1. The topological polar surface area (TPSA) is 11.4 Å². The molecule has 1 aliphatic heterocycles. The van der Waals surface area contributed by atoms with Crippen molar-refractivity contribution >= 4 is 16.6 Å². The van der Waals surface area contributed by atoms with Gasteiger partial charge in [-0.05, 0) is 29.3 Å². The molecule has 0 aliphatic carbocycles. The second-order valence-electron chi connectivity index (χ2n) is 7.88. The maximum Gasteiger partial charge on any atom is 0.0486 e. The summed E-state index contributed by atoms with van der Waals surface area (Å²) in [4.78, 5) is 5.09. The number of aromatic nitrogens is 1. The van der Waals surface area contributed by atoms with Crippen molar-refractivity contribution in [2.45, 2.75) is 13.1 Å². The average Bonchev–Trinajstić information content (AvgIpc) is 3.13. The van der Waals surface area contributed by atoms with Crippen LogP contribution in [0, 0.1) is 0 Å². The van der Waals surface area contributed by atoms with E-state index in [4.69, 9.17) is 0 Å². The van der Waals surface area contributed by atoms with Gasteiger partial charge < -0.3 is 9.47 Å². The smallest absolute Gasteiger partial charge is 0.0486 e. The van der Waals surface area contributed by atoms with E-state index in [1.165, 1.54) is 27.7 Å². The molecular formula is C26H27N3. The van der Waals surface area contributed by atoms with Gasteiger partial charge in [0, 0.05) is 62.1 Å². The van der Waals surface area contributed by atoms with E-state index in [2.05, 4.69) is 105 Å². The van der Waals surface area contributed by atoms with Crippen LogP contribution in [0.3, 0.4) is 0 Å². The third-order valence-electron chi connectivity index (χ3n) is 5.95. The molecule has 0 bridgehead atoms. The summed E-state index contributed by atoms with van der Waals surface area (Å²) in [6, 6.07) is 30.3. The summed E-state index contributed by atoms with van der Waals surface area (Å²) in [6.45, 7) is 6.33. The van der Waals surface area contributed by atoms with E-state index in [-0.39, 0.29) is 0 Å². The first-order valence-electron chi connectivity index (χ1n) is 10.5. The third-order valence-corrected chi connectivity index (χ3v) is 5.95. The highest BCUT2D eigenvalue weighted by atomic mass is 15.3. The SMILES string of the molecule is c1ccc(Cn2cc(CN3CCN(c4ccccc4)CC3)c3ccccc32)cc1. The normalized spacial score (nSPS) is 15.1. The van der Waals surface area contributed by atoms with Gasteiger partial charge in [-0.2, -0.15) is 0 Å². The first kappa shape index (κ1) is 18.0. The lowest BCUT2D eigenvalue weighted by Gasteiger charge is -2.36. The second-order valence-corrected chi connectivity index (χ2v) is 7.88. The van der Waals surface area contributed by atoms with E-state index in [1.807, 2.05) is 0 Å². The third kappa shape index (κ3) is 3.92. The molecule has 1 aliphatic rings. The highest BCUT2D eigenvalue weighted by Crippen LogP contribution is 2.25. The molecule has 5 rings (SSSR count). The monoisotopic (exact) mass is 381 g/mol. The van der Waals surface area contributed by atoms with Crippen molar-refractivity contribution in [2.75, 3.05) is 31.1 Å². The summed E-state index contributed by atoms with van der Waals surface area (Å²) in [6.07, 6.45) is 2.36. The van der Waals surface area contributed by atoms with Crippen molar-refractivity contribution in [3.8, 4) is 0 Å². The molecule has 0 radical (unpaired) electrons. The number of hydrogen-bond donors (Lipinski definition) is 0. The molecule has 1 saturated heterocycles. The summed E-state index contributed by atoms with van der Waals surface area (Å²) < 4.78 is 2.40. The minimum absolute atomic E-state index is 0.920. The zero-order valence-electron chi connectivity index (χ0n) is 16.7. The second kappa shape index (κ2) is 8.14. The van der Waals surface area contributed by atoms with Crippen molar-refractivity contribution in [3.05, 3.63) is 102 Å². The Bertz CT molecular complexity index is 1060. The zero-order chi connectivity index (χ0) is 19.5. The van der Waals surface area contributed by atoms with Gasteiger partial charge in [-0.25, -0.2) is 0 Å². The average molecular weight is 382 g/mol. The van der Waals surface area contributed by atoms with E-state index in [0.29, 0.717) is 0 Å². The number of fused-ring (bicyclic) bond motifs is 1. The first-order chi connectivity index (χ1) is 14.4. The number of piperazine rings is 1. The first-order valence-corrected chi connectivity index (χ1v) is 10.5. The fraction of sp³-hybridized carbons (Fsp3) is 0.231. The van der Waals surface area contributed by atoms with Gasteiger partial charge in [-0.15, -0.1) is 0 Å². The van der Waals surface area contributed by atoms with Crippen LogP contribution in [0.25, 0.3) is 10.9 Å². The largest absolute Gasteiger partial charge is 0.369 e. The molecule has 1 aromatic heterocycles. The Morgan fingerprint density at radius 3 is 2.03 bits per heavy atom. The Morgan fingerprint density at radius 2 is 1.28 bits per heavy atom. The lowest BCUT2D eigenvalue weighted by Crippen LogP contribution is -2.45. The molecule has 29 heavy (non-hydrogen) atoms. The lowest BCUT2D eigenvalue weighted by molar-refractivity contribution is 0.250. The van der Waals surface area contributed by atoms with Crippen molar-refractivity contribution in [3.63, 3.8) is 0 Å². The molecule has 0 amide bonds. The standard InChI is InChI=1S/C26H27N3/c1-3-9-22(10-4-1)19-29-21-23(25-13-7-8-14-26(25)29)20-27-15-17-28(18-16-27)24-11-5-2-6-12-24/h1-14,21H,15-20H2. The summed E-state index contributed by atoms with van der Waals surface area (Å²) in [5.41, 5.74) is 5.45. The maximum atomic E-state index is 2.59. The van der Waals surface area contributed by atoms with Gasteiger partial charge in [-0.1, -0.05) is 66.7 Å². The Hall–Kier alpha value is -3.04. The molecule has 146 valence electrons. The van der Waals surface area contributed by atoms with Gasteiger partial charge in [0.05, 0.1) is 0 Å². The highest BCUT2D eigenvalue weighted by Gasteiger charge is 2.19. The zero-order valence-corrected chi connectivity index (χ0v) is 16.7. The summed E-state index contributed by atoms with van der Waals surface area (Å²) in [7, 11) is 0. The maximum absolute atomic E-state index is 2.59. The van der Waals surface area contributed by atoms with Gasteiger partial charge in [0.1, 0.15) is 0 Å². The van der Waals surface area contributed by atoms with Crippen LogP contribution in [0.1, 0.15) is 11.1 Å². The minimum atomic E-state index is 0.920. The molecule has 2 heterocycles. The van der Waals surface area contributed by atoms with Crippen LogP contribution >= 0.6 is 0 Å². The molecule has 4 aromatic rings. The molecule has 0 unspecified atom stereocenters. The minimum Gasteiger partial charge on any atom is -0.369 e. The number of nitrogens with zero attached hydrogens (tertiary/aromatic N) is 3. The van der Waals surface area contributed by atoms with E-state index in [1.54, 1.807) is 0 Å². The van der Waals surface area contributed by atoms with Crippen molar-refractivity contribution in [1.82, 2.24) is 9.47 Å². The van der Waals surface area contributed by atoms with Gasteiger partial charge in [0.15, 0.2) is 0 Å². The summed E-state index contributed by atoms with van der Waals surface area (Å²) in [5.74, 6) is 0.